The highest BCUT2D eigenvalue weighted by Crippen LogP contribution is 2.39. The van der Waals surface area contributed by atoms with Gasteiger partial charge in [-0.1, -0.05) is 57.9 Å². The molecule has 0 fully saturated rings. The number of amides is 1. The number of halogens is 2. The fraction of sp³-hybridized carbons (Fsp3) is 0.0909. The lowest BCUT2D eigenvalue weighted by Crippen LogP contribution is -2.19. The fourth-order valence-electron chi connectivity index (χ4n) is 4.60. The Labute approximate surface area is 271 Å². The lowest BCUT2D eigenvalue weighted by atomic mass is 10.0. The van der Waals surface area contributed by atoms with Crippen molar-refractivity contribution in [2.75, 3.05) is 14.2 Å². The van der Waals surface area contributed by atoms with E-state index in [1.54, 1.807) is 37.4 Å². The van der Waals surface area contributed by atoms with E-state index in [1.165, 1.54) is 38.4 Å². The largest absolute Gasteiger partial charge is 0.495 e. The van der Waals surface area contributed by atoms with E-state index in [1.807, 2.05) is 30.3 Å². The molecule has 0 aliphatic rings. The van der Waals surface area contributed by atoms with Crippen LogP contribution in [0, 0.1) is 0 Å². The summed E-state index contributed by atoms with van der Waals surface area (Å²) < 4.78 is 22.2. The van der Waals surface area contributed by atoms with Gasteiger partial charge in [0.05, 0.1) is 31.5 Å². The van der Waals surface area contributed by atoms with E-state index in [4.69, 9.17) is 30.5 Å². The number of carbonyl (C=O) groups is 3. The summed E-state index contributed by atoms with van der Waals surface area (Å²) in [7, 11) is 2.94. The number of benzene rings is 4. The number of nitrogens with one attached hydrogen (secondary N) is 2. The van der Waals surface area contributed by atoms with Crippen LogP contribution in [0.4, 0.5) is 0 Å². The standard InChI is InChI=1S/C33H25BrClN3O7/c1-18(39)44-26-13-11-19(16-28(26)43-3)33(41)45-25-14-12-21(34)15-20(25)17-36-38-32(40)31-29(22-7-4-5-9-24(22)35)23-8-6-10-27(42-2)30(23)37-31/h4-17,37H,1-3H3,(H,38,40). The van der Waals surface area contributed by atoms with Gasteiger partial charge in [-0.05, 0) is 48.5 Å². The molecule has 0 atom stereocenters. The zero-order valence-corrected chi connectivity index (χ0v) is 26.5. The molecule has 0 radical (unpaired) electrons. The molecular formula is C33H25BrClN3O7. The van der Waals surface area contributed by atoms with Crippen molar-refractivity contribution in [3.8, 4) is 34.1 Å². The highest BCUT2D eigenvalue weighted by atomic mass is 79.9. The lowest BCUT2D eigenvalue weighted by Gasteiger charge is -2.11. The molecule has 0 aliphatic heterocycles. The third kappa shape index (κ3) is 6.84. The van der Waals surface area contributed by atoms with E-state index in [2.05, 4.69) is 31.4 Å². The van der Waals surface area contributed by atoms with Crippen LogP contribution in [-0.4, -0.2) is 43.3 Å². The SMILES string of the molecule is COc1cc(C(=O)Oc2ccc(Br)cc2C=NNC(=O)c2[nH]c3c(OC)cccc3c2-c2ccccc2Cl)ccc1OC(C)=O. The minimum atomic E-state index is -0.694. The number of methoxy groups -OCH3 is 2. The van der Waals surface area contributed by atoms with Crippen molar-refractivity contribution in [3.63, 3.8) is 0 Å². The molecule has 45 heavy (non-hydrogen) atoms. The molecule has 228 valence electrons. The molecule has 2 N–H and O–H groups in total. The van der Waals surface area contributed by atoms with E-state index < -0.39 is 17.8 Å². The van der Waals surface area contributed by atoms with Gasteiger partial charge in [0, 0.05) is 38.5 Å². The van der Waals surface area contributed by atoms with Gasteiger partial charge in [0.25, 0.3) is 5.91 Å². The van der Waals surface area contributed by atoms with Crippen LogP contribution in [0.25, 0.3) is 22.0 Å². The Morgan fingerprint density at radius 3 is 2.36 bits per heavy atom. The highest BCUT2D eigenvalue weighted by Gasteiger charge is 2.22. The van der Waals surface area contributed by atoms with Crippen LogP contribution >= 0.6 is 27.5 Å². The average Bonchev–Trinajstić information content (AvgIpc) is 3.42. The third-order valence-electron chi connectivity index (χ3n) is 6.58. The number of hydrogen-bond acceptors (Lipinski definition) is 8. The summed E-state index contributed by atoms with van der Waals surface area (Å²) in [4.78, 5) is 41.0. The summed E-state index contributed by atoms with van der Waals surface area (Å²) in [5.41, 5.74) is 5.20. The van der Waals surface area contributed by atoms with Gasteiger partial charge in [-0.2, -0.15) is 5.10 Å². The lowest BCUT2D eigenvalue weighted by molar-refractivity contribution is -0.132. The van der Waals surface area contributed by atoms with Crippen LogP contribution in [0.15, 0.2) is 88.4 Å². The predicted molar refractivity (Wildman–Crippen MR) is 174 cm³/mol. The molecule has 12 heteroatoms. The zero-order valence-electron chi connectivity index (χ0n) is 24.1. The van der Waals surface area contributed by atoms with Crippen molar-refractivity contribution >= 4 is 62.5 Å². The minimum absolute atomic E-state index is 0.156. The second-order valence-corrected chi connectivity index (χ2v) is 10.8. The topological polar surface area (TPSA) is 128 Å². The number of rotatable bonds is 9. The zero-order chi connectivity index (χ0) is 32.1. The number of H-pyrrole nitrogens is 1. The average molecular weight is 691 g/mol. The minimum Gasteiger partial charge on any atom is -0.495 e. The maximum absolute atomic E-state index is 13.5. The second kappa shape index (κ2) is 13.7. The van der Waals surface area contributed by atoms with Crippen molar-refractivity contribution in [2.24, 2.45) is 5.10 Å². The van der Waals surface area contributed by atoms with Gasteiger partial charge in [-0.25, -0.2) is 10.2 Å². The Hall–Kier alpha value is -5.13. The highest BCUT2D eigenvalue weighted by molar-refractivity contribution is 9.10. The number of nitrogens with zero attached hydrogens (tertiary/aromatic N) is 1. The van der Waals surface area contributed by atoms with Crippen LogP contribution < -0.4 is 24.4 Å². The van der Waals surface area contributed by atoms with Gasteiger partial charge in [-0.15, -0.1) is 0 Å². The maximum Gasteiger partial charge on any atom is 0.343 e. The summed E-state index contributed by atoms with van der Waals surface area (Å²) in [5, 5.41) is 5.36. The molecule has 0 saturated carbocycles. The number of aromatic nitrogens is 1. The first kappa shape index (κ1) is 31.3. The van der Waals surface area contributed by atoms with Crippen molar-refractivity contribution in [2.45, 2.75) is 6.92 Å². The van der Waals surface area contributed by atoms with E-state index in [0.29, 0.717) is 37.5 Å². The van der Waals surface area contributed by atoms with E-state index in [0.717, 1.165) is 5.39 Å². The molecule has 1 aromatic heterocycles. The van der Waals surface area contributed by atoms with Crippen molar-refractivity contribution in [1.29, 1.82) is 0 Å². The van der Waals surface area contributed by atoms with E-state index in [-0.39, 0.29) is 28.5 Å². The Morgan fingerprint density at radius 2 is 1.62 bits per heavy atom. The maximum atomic E-state index is 13.5. The number of hydrogen-bond donors (Lipinski definition) is 2. The normalized spacial score (nSPS) is 11.0. The van der Waals surface area contributed by atoms with Gasteiger partial charge in [0.1, 0.15) is 17.2 Å². The monoisotopic (exact) mass is 689 g/mol. The van der Waals surface area contributed by atoms with Crippen LogP contribution in [-0.2, 0) is 4.79 Å². The summed E-state index contributed by atoms with van der Waals surface area (Å²) in [6.45, 7) is 1.26. The molecule has 0 saturated heterocycles. The summed E-state index contributed by atoms with van der Waals surface area (Å²) in [5.74, 6) is -0.670. The number of para-hydroxylation sites is 1. The predicted octanol–water partition coefficient (Wildman–Crippen LogP) is 7.18. The van der Waals surface area contributed by atoms with E-state index >= 15 is 0 Å². The molecule has 5 aromatic rings. The number of aromatic amines is 1. The van der Waals surface area contributed by atoms with Crippen molar-refractivity contribution in [1.82, 2.24) is 10.4 Å². The molecular weight excluding hydrogens is 666 g/mol. The molecule has 1 amide bonds. The summed E-state index contributed by atoms with van der Waals surface area (Å²) in [6.07, 6.45) is 1.36. The molecule has 0 aliphatic carbocycles. The Morgan fingerprint density at radius 1 is 0.867 bits per heavy atom. The Kier molecular flexibility index (Phi) is 9.50. The Balaban J connectivity index is 1.41. The smallest absolute Gasteiger partial charge is 0.343 e. The molecule has 0 bridgehead atoms. The molecule has 1 heterocycles. The number of fused-ring (bicyclic) bond motifs is 1. The molecule has 0 unspecified atom stereocenters. The number of ether oxygens (including phenoxy) is 4. The second-order valence-electron chi connectivity index (χ2n) is 9.47. The van der Waals surface area contributed by atoms with Gasteiger partial charge >= 0.3 is 11.9 Å². The first-order valence-corrected chi connectivity index (χ1v) is 14.5. The van der Waals surface area contributed by atoms with Gasteiger partial charge < -0.3 is 23.9 Å². The fourth-order valence-corrected chi connectivity index (χ4v) is 5.21. The molecule has 10 nitrogen and oxygen atoms in total. The molecule has 4 aromatic carbocycles. The van der Waals surface area contributed by atoms with Gasteiger partial charge in [-0.3, -0.25) is 9.59 Å². The first-order valence-electron chi connectivity index (χ1n) is 13.3. The van der Waals surface area contributed by atoms with Gasteiger partial charge in [0.2, 0.25) is 0 Å². The van der Waals surface area contributed by atoms with E-state index in [9.17, 15) is 14.4 Å². The first-order chi connectivity index (χ1) is 21.7. The summed E-state index contributed by atoms with van der Waals surface area (Å²) in [6, 6.07) is 21.9. The summed E-state index contributed by atoms with van der Waals surface area (Å²) >= 11 is 9.94. The quantitative estimate of drug-likeness (QED) is 0.0726. The van der Waals surface area contributed by atoms with Crippen LogP contribution in [0.3, 0.4) is 0 Å². The third-order valence-corrected chi connectivity index (χ3v) is 7.41. The van der Waals surface area contributed by atoms with Crippen LogP contribution in [0.2, 0.25) is 5.02 Å². The van der Waals surface area contributed by atoms with Gasteiger partial charge in [0.15, 0.2) is 11.5 Å². The Bertz CT molecular complexity index is 1970. The van der Waals surface area contributed by atoms with Crippen molar-refractivity contribution in [3.05, 3.63) is 105 Å². The van der Waals surface area contributed by atoms with Crippen molar-refractivity contribution < 1.29 is 33.3 Å². The van der Waals surface area contributed by atoms with Crippen LogP contribution in [0.5, 0.6) is 23.0 Å². The molecule has 0 spiro atoms. The van der Waals surface area contributed by atoms with Crippen LogP contribution in [0.1, 0.15) is 33.3 Å². The number of carbonyl (C=O) groups excluding carboxylic acids is 3. The molecule has 5 rings (SSSR count). The number of esters is 2. The number of hydrazone groups is 1.